The van der Waals surface area contributed by atoms with E-state index in [9.17, 15) is 0 Å². The Labute approximate surface area is 197 Å². The van der Waals surface area contributed by atoms with Crippen LogP contribution in [0.15, 0.2) is 69.1 Å². The monoisotopic (exact) mass is 431 g/mol. The van der Waals surface area contributed by atoms with Gasteiger partial charge in [-0.1, -0.05) is 59.8 Å². The maximum atomic E-state index is 5.01. The number of aliphatic imine (C=N–C) groups is 1. The van der Waals surface area contributed by atoms with Gasteiger partial charge in [-0.25, -0.2) is 0 Å². The Balaban J connectivity index is 1.85. The van der Waals surface area contributed by atoms with Crippen LogP contribution in [0, 0.1) is 35.5 Å². The molecule has 0 radical (unpaired) electrons. The summed E-state index contributed by atoms with van der Waals surface area (Å²) in [5.74, 6) is 3.96. The Morgan fingerprint density at radius 3 is 2.31 bits per heavy atom. The van der Waals surface area contributed by atoms with Crippen molar-refractivity contribution in [2.75, 3.05) is 0 Å². The number of rotatable bonds is 5. The minimum Gasteiger partial charge on any atom is -0.261 e. The first-order valence-electron chi connectivity index (χ1n) is 13.0. The zero-order valence-electron chi connectivity index (χ0n) is 21.7. The molecule has 3 aliphatic rings. The molecule has 174 valence electrons. The molecule has 1 heteroatoms. The number of hydrogen-bond acceptors (Lipinski definition) is 1. The summed E-state index contributed by atoms with van der Waals surface area (Å²) in [6.07, 6.45) is 16.2. The van der Waals surface area contributed by atoms with Gasteiger partial charge in [0.25, 0.3) is 0 Å². The van der Waals surface area contributed by atoms with E-state index >= 15 is 0 Å². The third-order valence-corrected chi connectivity index (χ3v) is 8.37. The fourth-order valence-corrected chi connectivity index (χ4v) is 6.20. The van der Waals surface area contributed by atoms with Crippen LogP contribution in [-0.2, 0) is 0 Å². The molecule has 0 spiro atoms. The van der Waals surface area contributed by atoms with E-state index in [0.29, 0.717) is 35.5 Å². The average Bonchev–Trinajstić information content (AvgIpc) is 2.71. The van der Waals surface area contributed by atoms with Crippen LogP contribution in [0.3, 0.4) is 0 Å². The second-order valence-corrected chi connectivity index (χ2v) is 11.1. The highest BCUT2D eigenvalue weighted by molar-refractivity contribution is 5.75. The highest BCUT2D eigenvalue weighted by Gasteiger charge is 2.30. The Kier molecular flexibility index (Phi) is 8.40. The molecule has 3 rings (SSSR count). The molecule has 0 saturated heterocycles. The lowest BCUT2D eigenvalue weighted by molar-refractivity contribution is 0.343. The first kappa shape index (κ1) is 24.8. The summed E-state index contributed by atoms with van der Waals surface area (Å²) in [5, 5.41) is 0. The van der Waals surface area contributed by atoms with Crippen molar-refractivity contribution in [1.29, 1.82) is 0 Å². The number of hydrogen-bond donors (Lipinski definition) is 0. The maximum absolute atomic E-state index is 5.01. The minimum absolute atomic E-state index is 0.610. The summed E-state index contributed by atoms with van der Waals surface area (Å²) < 4.78 is 0. The van der Waals surface area contributed by atoms with Gasteiger partial charge in [0.05, 0.1) is 0 Å². The van der Waals surface area contributed by atoms with Crippen LogP contribution in [-0.4, -0.2) is 6.21 Å². The standard InChI is InChI=1S/C31H45N/c1-9-25(12-16-29-22(6)10-14-27(20(2)3)24(29)8)26-13-17-30-23(7)11-15-28(21(4)5)31(30)32-19-18-26/h12,16,18-23,27-28H,1,10-11,13-15,17H2,2-8H3/b16-12-,26-18?,32-19?. The van der Waals surface area contributed by atoms with Crippen LogP contribution in [0.25, 0.3) is 0 Å². The zero-order valence-corrected chi connectivity index (χ0v) is 21.7. The molecule has 1 nitrogen and oxygen atoms in total. The molecule has 0 bridgehead atoms. The predicted molar refractivity (Wildman–Crippen MR) is 141 cm³/mol. The zero-order chi connectivity index (χ0) is 23.4. The van der Waals surface area contributed by atoms with Crippen molar-refractivity contribution in [2.45, 2.75) is 87.0 Å². The van der Waals surface area contributed by atoms with E-state index in [4.69, 9.17) is 4.99 Å². The summed E-state index contributed by atoms with van der Waals surface area (Å²) in [7, 11) is 0. The van der Waals surface area contributed by atoms with Crippen LogP contribution in [0.5, 0.6) is 0 Å². The molecule has 0 N–H and O–H groups in total. The van der Waals surface area contributed by atoms with E-state index in [1.165, 1.54) is 42.5 Å². The van der Waals surface area contributed by atoms with Gasteiger partial charge in [-0.05, 0) is 104 Å². The SMILES string of the molecule is C=C=C(/C=C\C1=C(C)C(C(C)C)CCC1C)C1=CC=NC2=C(CC1)C(C)CCC2C(C)C. The largest absolute Gasteiger partial charge is 0.261 e. The molecular weight excluding hydrogens is 386 g/mol. The quantitative estimate of drug-likeness (QED) is 0.304. The minimum atomic E-state index is 0.610. The molecule has 0 aromatic heterocycles. The van der Waals surface area contributed by atoms with E-state index in [-0.39, 0.29) is 0 Å². The summed E-state index contributed by atoms with van der Waals surface area (Å²) in [6, 6.07) is 0. The lowest BCUT2D eigenvalue weighted by Gasteiger charge is -2.33. The second-order valence-electron chi connectivity index (χ2n) is 11.1. The lowest BCUT2D eigenvalue weighted by atomic mass is 9.73. The van der Waals surface area contributed by atoms with Gasteiger partial charge < -0.3 is 0 Å². The molecule has 1 aliphatic heterocycles. The highest BCUT2D eigenvalue weighted by atomic mass is 14.8. The van der Waals surface area contributed by atoms with Crippen LogP contribution >= 0.6 is 0 Å². The molecule has 2 aliphatic carbocycles. The van der Waals surface area contributed by atoms with Gasteiger partial charge in [0.15, 0.2) is 0 Å². The van der Waals surface area contributed by atoms with Crippen LogP contribution in [0.1, 0.15) is 87.0 Å². The fourth-order valence-electron chi connectivity index (χ4n) is 6.20. The Morgan fingerprint density at radius 1 is 1.00 bits per heavy atom. The molecular formula is C31H45N. The van der Waals surface area contributed by atoms with E-state index in [2.05, 4.69) is 79.0 Å². The first-order valence-corrected chi connectivity index (χ1v) is 13.0. The third kappa shape index (κ3) is 5.37. The van der Waals surface area contributed by atoms with Crippen molar-refractivity contribution in [3.8, 4) is 0 Å². The van der Waals surface area contributed by atoms with Gasteiger partial charge in [-0.2, -0.15) is 0 Å². The molecule has 32 heavy (non-hydrogen) atoms. The van der Waals surface area contributed by atoms with Crippen molar-refractivity contribution in [1.82, 2.24) is 0 Å². The van der Waals surface area contributed by atoms with Crippen LogP contribution in [0.4, 0.5) is 0 Å². The molecule has 0 fully saturated rings. The molecule has 0 aromatic rings. The average molecular weight is 432 g/mol. The van der Waals surface area contributed by atoms with E-state index in [0.717, 1.165) is 18.4 Å². The van der Waals surface area contributed by atoms with Gasteiger partial charge in [-0.3, -0.25) is 4.99 Å². The van der Waals surface area contributed by atoms with E-state index < -0.39 is 0 Å². The second kappa shape index (κ2) is 10.8. The smallest absolute Gasteiger partial charge is 0.0431 e. The summed E-state index contributed by atoms with van der Waals surface area (Å²) in [4.78, 5) is 5.01. The predicted octanol–water partition coefficient (Wildman–Crippen LogP) is 9.02. The van der Waals surface area contributed by atoms with E-state index in [1.807, 2.05) is 6.21 Å². The molecule has 0 amide bonds. The normalized spacial score (nSPS) is 29.2. The summed E-state index contributed by atoms with van der Waals surface area (Å²) in [5.41, 5.74) is 11.8. The Hall–Kier alpha value is -1.85. The Morgan fingerprint density at radius 2 is 1.66 bits per heavy atom. The van der Waals surface area contributed by atoms with Crippen LogP contribution < -0.4 is 0 Å². The fraction of sp³-hybridized carbons (Fsp3) is 0.613. The van der Waals surface area contributed by atoms with Gasteiger partial charge in [0, 0.05) is 23.4 Å². The van der Waals surface area contributed by atoms with Crippen LogP contribution in [0.2, 0.25) is 0 Å². The highest BCUT2D eigenvalue weighted by Crippen LogP contribution is 2.42. The van der Waals surface area contributed by atoms with Crippen molar-refractivity contribution in [3.63, 3.8) is 0 Å². The van der Waals surface area contributed by atoms with Crippen molar-refractivity contribution in [2.24, 2.45) is 40.5 Å². The van der Waals surface area contributed by atoms with Crippen molar-refractivity contribution in [3.05, 3.63) is 64.1 Å². The Bertz CT molecular complexity index is 895. The summed E-state index contributed by atoms with van der Waals surface area (Å²) >= 11 is 0. The van der Waals surface area contributed by atoms with Gasteiger partial charge in [-0.15, -0.1) is 5.73 Å². The maximum Gasteiger partial charge on any atom is 0.0431 e. The van der Waals surface area contributed by atoms with E-state index in [1.54, 1.807) is 11.1 Å². The molecule has 0 saturated carbocycles. The molecule has 4 atom stereocenters. The van der Waals surface area contributed by atoms with Gasteiger partial charge in [0.2, 0.25) is 0 Å². The lowest BCUT2D eigenvalue weighted by Crippen LogP contribution is -2.22. The number of nitrogens with zero attached hydrogens (tertiary/aromatic N) is 1. The van der Waals surface area contributed by atoms with Crippen molar-refractivity contribution >= 4 is 6.21 Å². The van der Waals surface area contributed by atoms with Gasteiger partial charge >= 0.3 is 0 Å². The first-order chi connectivity index (χ1) is 15.2. The molecule has 1 heterocycles. The molecule has 0 aromatic carbocycles. The number of allylic oxidation sites excluding steroid dienone is 9. The summed E-state index contributed by atoms with van der Waals surface area (Å²) in [6.45, 7) is 20.6. The molecule has 4 unspecified atom stereocenters. The van der Waals surface area contributed by atoms with Crippen molar-refractivity contribution < 1.29 is 0 Å². The topological polar surface area (TPSA) is 12.4 Å². The van der Waals surface area contributed by atoms with Gasteiger partial charge in [0.1, 0.15) is 0 Å². The third-order valence-electron chi connectivity index (χ3n) is 8.37.